The molecule has 204 valence electrons. The molecule has 0 amide bonds. The molecule has 36 heavy (non-hydrogen) atoms. The zero-order valence-electron chi connectivity index (χ0n) is 24.9. The average molecular weight is 521 g/mol. The molecule has 0 aliphatic heterocycles. The van der Waals surface area contributed by atoms with E-state index >= 15 is 0 Å². The van der Waals surface area contributed by atoms with E-state index in [4.69, 9.17) is 9.05 Å². The van der Waals surface area contributed by atoms with Gasteiger partial charge in [-0.3, -0.25) is 0 Å². The van der Waals surface area contributed by atoms with Crippen LogP contribution in [0.15, 0.2) is 24.3 Å². The molecule has 6 heteroatoms. The number of hydrogen-bond acceptors (Lipinski definition) is 5. The van der Waals surface area contributed by atoms with Crippen LogP contribution in [0.3, 0.4) is 0 Å². The van der Waals surface area contributed by atoms with Crippen LogP contribution in [0.25, 0.3) is 0 Å². The minimum absolute atomic E-state index is 0.115. The molecule has 0 heterocycles. The molecule has 0 spiro atoms. The van der Waals surface area contributed by atoms with Crippen LogP contribution in [0.5, 0.6) is 11.5 Å². The fourth-order valence-corrected chi connectivity index (χ4v) is 5.69. The number of aryl methyl sites for hydroxylation is 2. The van der Waals surface area contributed by atoms with E-state index in [0.717, 1.165) is 33.4 Å². The van der Waals surface area contributed by atoms with Gasteiger partial charge in [-0.05, 0) is 0 Å². The maximum atomic E-state index is 11.1. The molecule has 0 bridgehead atoms. The van der Waals surface area contributed by atoms with E-state index in [0.29, 0.717) is 0 Å². The Bertz CT molecular complexity index is 1040. The Morgan fingerprint density at radius 1 is 0.472 bits per heavy atom. The van der Waals surface area contributed by atoms with Gasteiger partial charge in [-0.1, -0.05) is 0 Å². The van der Waals surface area contributed by atoms with E-state index in [2.05, 4.69) is 41.5 Å². The van der Waals surface area contributed by atoms with Gasteiger partial charge in [-0.15, -0.1) is 0 Å². The van der Waals surface area contributed by atoms with Gasteiger partial charge < -0.3 is 0 Å². The molecule has 5 nitrogen and oxygen atoms in total. The molecule has 0 aliphatic rings. The Morgan fingerprint density at radius 2 is 0.722 bits per heavy atom. The van der Waals surface area contributed by atoms with Crippen molar-refractivity contribution < 1.29 is 23.7 Å². The van der Waals surface area contributed by atoms with Crippen LogP contribution in [0, 0.1) is 13.8 Å². The van der Waals surface area contributed by atoms with E-state index in [-0.39, 0.29) is 33.2 Å². The van der Waals surface area contributed by atoms with Gasteiger partial charge in [0.15, 0.2) is 0 Å². The van der Waals surface area contributed by atoms with Crippen molar-refractivity contribution in [3.63, 3.8) is 0 Å². The molecule has 0 radical (unpaired) electrons. The molecule has 0 fully saturated rings. The summed E-state index contributed by atoms with van der Waals surface area (Å²) in [4.78, 5) is 33.3. The summed E-state index contributed by atoms with van der Waals surface area (Å²) in [5, 5.41) is 0. The molecule has 3 N–H and O–H groups in total. The van der Waals surface area contributed by atoms with Gasteiger partial charge in [-0.2, -0.15) is 0 Å². The molecule has 2 aromatic rings. The van der Waals surface area contributed by atoms with Gasteiger partial charge in [0.05, 0.1) is 0 Å². The van der Waals surface area contributed by atoms with Gasteiger partial charge >= 0.3 is 219 Å². The van der Waals surface area contributed by atoms with Crippen molar-refractivity contribution in [2.45, 2.75) is 119 Å². The quantitative estimate of drug-likeness (QED) is 0.355. The fourth-order valence-electron chi connectivity index (χ4n) is 4.67. The third kappa shape index (κ3) is 7.22. The summed E-state index contributed by atoms with van der Waals surface area (Å²) in [6.07, 6.45) is 0. The monoisotopic (exact) mass is 520 g/mol. The van der Waals surface area contributed by atoms with Crippen LogP contribution >= 0.6 is 7.74 Å². The van der Waals surface area contributed by atoms with E-state index in [9.17, 15) is 14.7 Å². The van der Waals surface area contributed by atoms with Crippen LogP contribution in [-0.2, 0) is 21.7 Å². The molecule has 2 rings (SSSR count). The zero-order chi connectivity index (χ0) is 28.3. The van der Waals surface area contributed by atoms with Crippen LogP contribution in [0.4, 0.5) is 0 Å². The molecule has 0 unspecified atom stereocenters. The molecule has 0 aromatic heterocycles. The number of hydrogen-bond donors (Lipinski definition) is 3. The second-order valence-corrected chi connectivity index (χ2v) is 16.4. The first kappa shape index (κ1) is 30.6. The van der Waals surface area contributed by atoms with Crippen LogP contribution in [0.1, 0.15) is 116 Å². The first-order valence-electron chi connectivity index (χ1n) is 12.7. The van der Waals surface area contributed by atoms with Crippen molar-refractivity contribution >= 4 is 7.74 Å². The normalized spacial score (nSPS) is 14.9. The number of rotatable bonds is 4. The van der Waals surface area contributed by atoms with Gasteiger partial charge in [0.2, 0.25) is 0 Å². The first-order valence-corrected chi connectivity index (χ1v) is 14.6. The Balaban J connectivity index is 2.68. The summed E-state index contributed by atoms with van der Waals surface area (Å²) in [5.74, 6) is 0.386. The summed E-state index contributed by atoms with van der Waals surface area (Å²) in [7, 11) is -6.07. The molecule has 0 atom stereocenters. The standard InChI is InChI=1S/C30H49O5P/c1-19-15-25(23(29(9,10)11)17-21(19)27(3,4)5)34-36(31,32,33)35-26-16-20(2)22(28(6,7)8)18-24(26)30(12,13)14/h15-18,31-33H,1-14H3. The van der Waals surface area contributed by atoms with Crippen molar-refractivity contribution in [3.05, 3.63) is 57.6 Å². The third-order valence-electron chi connectivity index (χ3n) is 6.40. The maximum absolute atomic E-state index is 11.1. The fraction of sp³-hybridized carbons (Fsp3) is 0.600. The van der Waals surface area contributed by atoms with Crippen molar-refractivity contribution in [1.29, 1.82) is 0 Å². The average Bonchev–Trinajstić information content (AvgIpc) is 2.55. The van der Waals surface area contributed by atoms with Crippen LogP contribution in [-0.4, -0.2) is 14.7 Å². The van der Waals surface area contributed by atoms with Gasteiger partial charge in [0.25, 0.3) is 0 Å². The summed E-state index contributed by atoms with van der Waals surface area (Å²) in [5.41, 5.74) is 4.61. The summed E-state index contributed by atoms with van der Waals surface area (Å²) in [6, 6.07) is 7.57. The molecule has 0 saturated carbocycles. The Kier molecular flexibility index (Phi) is 7.62. The van der Waals surface area contributed by atoms with E-state index in [1.54, 1.807) is 12.1 Å². The van der Waals surface area contributed by atoms with Gasteiger partial charge in [0.1, 0.15) is 0 Å². The SMILES string of the molecule is Cc1cc(OP(O)(O)(O)Oc2cc(C)c(C(C)(C)C)cc2C(C)(C)C)c(C(C)(C)C)cc1C(C)(C)C. The Morgan fingerprint density at radius 3 is 0.944 bits per heavy atom. The summed E-state index contributed by atoms with van der Waals surface area (Å²) < 4.78 is 11.4. The van der Waals surface area contributed by atoms with E-state index in [1.807, 2.05) is 67.5 Å². The van der Waals surface area contributed by atoms with E-state index in [1.165, 1.54) is 0 Å². The van der Waals surface area contributed by atoms with Crippen LogP contribution < -0.4 is 9.05 Å². The van der Waals surface area contributed by atoms with Crippen LogP contribution in [0.2, 0.25) is 0 Å². The molecule has 0 aliphatic carbocycles. The zero-order valence-corrected chi connectivity index (χ0v) is 25.8. The summed E-state index contributed by atoms with van der Waals surface area (Å²) in [6.45, 7) is 28.8. The van der Waals surface area contributed by atoms with Gasteiger partial charge in [-0.25, -0.2) is 0 Å². The predicted molar refractivity (Wildman–Crippen MR) is 152 cm³/mol. The Labute approximate surface area is 219 Å². The topological polar surface area (TPSA) is 79.2 Å². The van der Waals surface area contributed by atoms with Crippen molar-refractivity contribution in [3.8, 4) is 11.5 Å². The molecular weight excluding hydrogens is 471 g/mol. The molecule has 2 aromatic carbocycles. The second-order valence-electron chi connectivity index (χ2n) is 14.3. The third-order valence-corrected chi connectivity index (χ3v) is 7.43. The minimum atomic E-state index is -6.07. The molecule has 0 saturated heterocycles. The first-order chi connectivity index (χ1) is 15.7. The van der Waals surface area contributed by atoms with Crippen molar-refractivity contribution in [2.24, 2.45) is 0 Å². The van der Waals surface area contributed by atoms with E-state index < -0.39 is 7.74 Å². The Hall–Kier alpha value is -1.65. The molecular formula is C30H49O5P. The second kappa shape index (κ2) is 8.98. The van der Waals surface area contributed by atoms with Crippen molar-refractivity contribution in [1.82, 2.24) is 0 Å². The van der Waals surface area contributed by atoms with Gasteiger partial charge in [0, 0.05) is 0 Å². The summed E-state index contributed by atoms with van der Waals surface area (Å²) >= 11 is 0. The number of benzene rings is 2. The predicted octanol–water partition coefficient (Wildman–Crippen LogP) is 8.06. The van der Waals surface area contributed by atoms with Crippen molar-refractivity contribution in [2.75, 3.05) is 0 Å².